The van der Waals surface area contributed by atoms with Crippen molar-refractivity contribution >= 4 is 21.6 Å². The average Bonchev–Trinajstić information content (AvgIpc) is 2.15. The number of hydrogen-bond acceptors (Lipinski definition) is 4. The van der Waals surface area contributed by atoms with E-state index >= 15 is 0 Å². The summed E-state index contributed by atoms with van der Waals surface area (Å²) in [5.74, 6) is 2.23. The van der Waals surface area contributed by atoms with Crippen molar-refractivity contribution in [2.45, 2.75) is 11.3 Å². The third-order valence-corrected chi connectivity index (χ3v) is 5.58. The topological polar surface area (TPSA) is 54.4 Å². The maximum Gasteiger partial charge on any atom is 0.150 e. The van der Waals surface area contributed by atoms with Crippen LogP contribution in [0.4, 0.5) is 0 Å². The predicted octanol–water partition coefficient (Wildman–Crippen LogP) is 1.92. The second kappa shape index (κ2) is 4.67. The highest BCUT2D eigenvalue weighted by atomic mass is 32.2. The molecular formula is C11H14O3S2. The zero-order valence-electron chi connectivity index (χ0n) is 8.80. The molecule has 1 aromatic carbocycles. The molecule has 1 aliphatic rings. The molecule has 1 N–H and O–H groups in total. The normalized spacial score (nSPS) is 19.2. The van der Waals surface area contributed by atoms with Crippen LogP contribution < -0.4 is 0 Å². The number of phenols is 1. The lowest BCUT2D eigenvalue weighted by molar-refractivity contribution is 0.474. The quantitative estimate of drug-likeness (QED) is 0.838. The van der Waals surface area contributed by atoms with E-state index in [0.717, 1.165) is 17.1 Å². The van der Waals surface area contributed by atoms with Crippen LogP contribution in [-0.2, 0) is 9.84 Å². The second-order valence-electron chi connectivity index (χ2n) is 4.08. The summed E-state index contributed by atoms with van der Waals surface area (Å²) >= 11 is 1.66. The molecule has 16 heavy (non-hydrogen) atoms. The van der Waals surface area contributed by atoms with Gasteiger partial charge in [-0.1, -0.05) is 6.07 Å². The van der Waals surface area contributed by atoms with Crippen LogP contribution in [0, 0.1) is 5.92 Å². The maximum absolute atomic E-state index is 10.9. The van der Waals surface area contributed by atoms with Gasteiger partial charge in [0.05, 0.1) is 11.5 Å². The molecule has 0 bridgehead atoms. The summed E-state index contributed by atoms with van der Waals surface area (Å²) in [7, 11) is -2.68. The molecule has 1 fully saturated rings. The van der Waals surface area contributed by atoms with Gasteiger partial charge in [0.25, 0.3) is 0 Å². The number of hydrogen-bond donors (Lipinski definition) is 1. The van der Waals surface area contributed by atoms with E-state index in [9.17, 15) is 13.5 Å². The molecule has 0 atom stereocenters. The first-order valence-corrected chi connectivity index (χ1v) is 7.98. The molecule has 0 saturated carbocycles. The third kappa shape index (κ3) is 3.15. The van der Waals surface area contributed by atoms with Crippen molar-refractivity contribution in [1.29, 1.82) is 0 Å². The first-order valence-electron chi connectivity index (χ1n) is 5.17. The monoisotopic (exact) mass is 258 g/mol. The number of aromatic hydroxyl groups is 1. The number of thioether (sulfide) groups is 1. The summed E-state index contributed by atoms with van der Waals surface area (Å²) in [4.78, 5) is 1.03. The van der Waals surface area contributed by atoms with E-state index in [1.54, 1.807) is 23.9 Å². The molecule has 1 heterocycles. The lowest BCUT2D eigenvalue weighted by atomic mass is 10.1. The van der Waals surface area contributed by atoms with Crippen LogP contribution in [0.5, 0.6) is 5.75 Å². The average molecular weight is 258 g/mol. The van der Waals surface area contributed by atoms with Gasteiger partial charge in [-0.15, -0.1) is 11.8 Å². The van der Waals surface area contributed by atoms with Gasteiger partial charge in [0.1, 0.15) is 5.75 Å². The standard InChI is InChI=1S/C11H14O3S2/c12-10-2-1-3-11(6-10)15-5-4-9-7-16(13,14)8-9/h1-3,6,9,12H,4-5,7-8H2. The fourth-order valence-corrected chi connectivity index (χ4v) is 4.49. The summed E-state index contributed by atoms with van der Waals surface area (Å²) in [6.45, 7) is 0. The van der Waals surface area contributed by atoms with Gasteiger partial charge in [0.2, 0.25) is 0 Å². The largest absolute Gasteiger partial charge is 0.508 e. The minimum atomic E-state index is -2.68. The summed E-state index contributed by atoms with van der Waals surface area (Å²) in [5, 5.41) is 9.25. The minimum absolute atomic E-state index is 0.274. The SMILES string of the molecule is O=S1(=O)CC(CCSc2cccc(O)c2)C1. The lowest BCUT2D eigenvalue weighted by Crippen LogP contribution is -2.36. The maximum atomic E-state index is 10.9. The molecule has 1 aliphatic heterocycles. The zero-order valence-corrected chi connectivity index (χ0v) is 10.4. The Labute approximate surface area is 99.8 Å². The van der Waals surface area contributed by atoms with Crippen LogP contribution >= 0.6 is 11.8 Å². The van der Waals surface area contributed by atoms with Gasteiger partial charge < -0.3 is 5.11 Å². The second-order valence-corrected chi connectivity index (χ2v) is 7.40. The summed E-state index contributed by atoms with van der Waals surface area (Å²) in [6, 6.07) is 7.12. The number of sulfone groups is 1. The molecule has 0 aliphatic carbocycles. The van der Waals surface area contributed by atoms with Crippen molar-refractivity contribution in [3.8, 4) is 5.75 Å². The molecule has 1 aromatic rings. The van der Waals surface area contributed by atoms with E-state index in [4.69, 9.17) is 0 Å². The molecule has 0 unspecified atom stereocenters. The fourth-order valence-electron chi connectivity index (χ4n) is 1.75. The van der Waals surface area contributed by atoms with Crippen LogP contribution in [0.3, 0.4) is 0 Å². The van der Waals surface area contributed by atoms with Gasteiger partial charge in [-0.25, -0.2) is 8.42 Å². The lowest BCUT2D eigenvalue weighted by Gasteiger charge is -2.25. The molecule has 2 rings (SSSR count). The van der Waals surface area contributed by atoms with Gasteiger partial charge in [0.15, 0.2) is 9.84 Å². The molecule has 5 heteroatoms. The minimum Gasteiger partial charge on any atom is -0.508 e. The van der Waals surface area contributed by atoms with Gasteiger partial charge >= 0.3 is 0 Å². The first kappa shape index (κ1) is 11.8. The van der Waals surface area contributed by atoms with E-state index in [-0.39, 0.29) is 5.75 Å². The predicted molar refractivity (Wildman–Crippen MR) is 65.6 cm³/mol. The zero-order chi connectivity index (χ0) is 11.6. The number of rotatable bonds is 4. The molecule has 88 valence electrons. The Kier molecular flexibility index (Phi) is 3.44. The van der Waals surface area contributed by atoms with Crippen LogP contribution in [0.15, 0.2) is 29.2 Å². The van der Waals surface area contributed by atoms with Crippen molar-refractivity contribution in [3.63, 3.8) is 0 Å². The Hall–Kier alpha value is -0.680. The summed E-state index contributed by atoms with van der Waals surface area (Å²) in [5.41, 5.74) is 0. The van der Waals surface area contributed by atoms with Crippen LogP contribution in [0.25, 0.3) is 0 Å². The van der Waals surface area contributed by atoms with Crippen molar-refractivity contribution < 1.29 is 13.5 Å². The van der Waals surface area contributed by atoms with Gasteiger partial charge in [-0.2, -0.15) is 0 Å². The fraction of sp³-hybridized carbons (Fsp3) is 0.455. The van der Waals surface area contributed by atoms with E-state index < -0.39 is 9.84 Å². The Morgan fingerprint density at radius 1 is 1.38 bits per heavy atom. The van der Waals surface area contributed by atoms with Gasteiger partial charge in [-0.3, -0.25) is 0 Å². The number of benzene rings is 1. The Balaban J connectivity index is 1.73. The molecule has 0 amide bonds. The van der Waals surface area contributed by atoms with Gasteiger partial charge in [-0.05, 0) is 36.3 Å². The Bertz CT molecular complexity index is 456. The number of phenolic OH excluding ortho intramolecular Hbond substituents is 1. The Morgan fingerprint density at radius 2 is 2.12 bits per heavy atom. The van der Waals surface area contributed by atoms with E-state index in [0.29, 0.717) is 17.4 Å². The molecule has 0 spiro atoms. The highest BCUT2D eigenvalue weighted by Crippen LogP contribution is 2.27. The molecule has 0 aromatic heterocycles. The van der Waals surface area contributed by atoms with E-state index in [2.05, 4.69) is 0 Å². The van der Waals surface area contributed by atoms with Crippen molar-refractivity contribution in [2.75, 3.05) is 17.3 Å². The van der Waals surface area contributed by atoms with E-state index in [1.165, 1.54) is 0 Å². The summed E-state index contributed by atoms with van der Waals surface area (Å²) < 4.78 is 21.9. The highest BCUT2D eigenvalue weighted by Gasteiger charge is 2.32. The van der Waals surface area contributed by atoms with Crippen molar-refractivity contribution in [1.82, 2.24) is 0 Å². The van der Waals surface area contributed by atoms with Gasteiger partial charge in [0, 0.05) is 4.90 Å². The molecule has 3 nitrogen and oxygen atoms in total. The Morgan fingerprint density at radius 3 is 2.75 bits per heavy atom. The van der Waals surface area contributed by atoms with Crippen LogP contribution in [0.1, 0.15) is 6.42 Å². The van der Waals surface area contributed by atoms with E-state index in [1.807, 2.05) is 12.1 Å². The van der Waals surface area contributed by atoms with Crippen LogP contribution in [-0.4, -0.2) is 30.8 Å². The smallest absolute Gasteiger partial charge is 0.150 e. The first-order chi connectivity index (χ1) is 7.55. The molecule has 1 saturated heterocycles. The third-order valence-electron chi connectivity index (χ3n) is 2.59. The van der Waals surface area contributed by atoms with Crippen molar-refractivity contribution in [2.24, 2.45) is 5.92 Å². The summed E-state index contributed by atoms with van der Waals surface area (Å²) in [6.07, 6.45) is 0.930. The molecule has 0 radical (unpaired) electrons. The van der Waals surface area contributed by atoms with Crippen molar-refractivity contribution in [3.05, 3.63) is 24.3 Å². The van der Waals surface area contributed by atoms with Crippen LogP contribution in [0.2, 0.25) is 0 Å². The highest BCUT2D eigenvalue weighted by molar-refractivity contribution is 7.99. The molecular weight excluding hydrogens is 244 g/mol.